The fourth-order valence-corrected chi connectivity index (χ4v) is 1.37. The Morgan fingerprint density at radius 1 is 1.33 bits per heavy atom. The van der Waals surface area contributed by atoms with Crippen LogP contribution < -0.4 is 5.43 Å². The standard InChI is InChI=1S/C11H12O/c1-8-3-2-4-10(7-11(8)12)9-5-6-9/h2-4,7,9H,5-6H2,1H3. The van der Waals surface area contributed by atoms with Crippen molar-refractivity contribution < 1.29 is 0 Å². The summed E-state index contributed by atoms with van der Waals surface area (Å²) in [5.74, 6) is 0.671. The monoisotopic (exact) mass is 160 g/mol. The molecule has 1 aromatic carbocycles. The first-order valence-electron chi connectivity index (χ1n) is 4.38. The van der Waals surface area contributed by atoms with E-state index in [0.717, 1.165) is 5.56 Å². The second kappa shape index (κ2) is 2.74. The van der Waals surface area contributed by atoms with Crippen LogP contribution >= 0.6 is 0 Å². The number of aryl methyl sites for hydroxylation is 1. The molecule has 1 aliphatic carbocycles. The molecule has 0 aromatic heterocycles. The van der Waals surface area contributed by atoms with Crippen molar-refractivity contribution in [1.29, 1.82) is 0 Å². The Morgan fingerprint density at radius 3 is 2.75 bits per heavy atom. The topological polar surface area (TPSA) is 17.1 Å². The van der Waals surface area contributed by atoms with Crippen LogP contribution in [0.25, 0.3) is 0 Å². The summed E-state index contributed by atoms with van der Waals surface area (Å²) in [5, 5.41) is 0. The van der Waals surface area contributed by atoms with Crippen LogP contribution in [0, 0.1) is 6.92 Å². The molecule has 0 unspecified atom stereocenters. The zero-order valence-electron chi connectivity index (χ0n) is 7.21. The lowest BCUT2D eigenvalue weighted by Crippen LogP contribution is -1.98. The minimum absolute atomic E-state index is 0.168. The highest BCUT2D eigenvalue weighted by Gasteiger charge is 2.22. The van der Waals surface area contributed by atoms with E-state index in [1.165, 1.54) is 18.4 Å². The first-order valence-corrected chi connectivity index (χ1v) is 4.38. The van der Waals surface area contributed by atoms with Crippen molar-refractivity contribution in [3.05, 3.63) is 45.6 Å². The van der Waals surface area contributed by atoms with Gasteiger partial charge in [0.2, 0.25) is 0 Å². The predicted molar refractivity (Wildman–Crippen MR) is 49.4 cm³/mol. The first-order chi connectivity index (χ1) is 5.77. The normalized spacial score (nSPS) is 16.1. The van der Waals surface area contributed by atoms with Gasteiger partial charge in [0.15, 0.2) is 5.43 Å². The maximum atomic E-state index is 11.4. The highest BCUT2D eigenvalue weighted by Crippen LogP contribution is 2.39. The van der Waals surface area contributed by atoms with E-state index in [4.69, 9.17) is 0 Å². The third-order valence-electron chi connectivity index (χ3n) is 2.37. The van der Waals surface area contributed by atoms with Gasteiger partial charge in [-0.05, 0) is 42.9 Å². The van der Waals surface area contributed by atoms with Gasteiger partial charge in [0, 0.05) is 0 Å². The molecule has 0 atom stereocenters. The van der Waals surface area contributed by atoms with Gasteiger partial charge >= 0.3 is 0 Å². The van der Waals surface area contributed by atoms with Crippen LogP contribution in [-0.4, -0.2) is 0 Å². The van der Waals surface area contributed by atoms with E-state index in [2.05, 4.69) is 6.07 Å². The van der Waals surface area contributed by atoms with Gasteiger partial charge < -0.3 is 0 Å². The minimum atomic E-state index is 0.168. The van der Waals surface area contributed by atoms with E-state index in [-0.39, 0.29) is 5.43 Å². The summed E-state index contributed by atoms with van der Waals surface area (Å²) < 4.78 is 0. The Bertz CT molecular complexity index is 350. The minimum Gasteiger partial charge on any atom is -0.290 e. The van der Waals surface area contributed by atoms with Gasteiger partial charge in [-0.15, -0.1) is 0 Å². The van der Waals surface area contributed by atoms with Crippen molar-refractivity contribution in [1.82, 2.24) is 0 Å². The zero-order valence-corrected chi connectivity index (χ0v) is 7.21. The van der Waals surface area contributed by atoms with Crippen LogP contribution in [-0.2, 0) is 0 Å². The molecule has 0 radical (unpaired) electrons. The Hall–Kier alpha value is -1.11. The zero-order chi connectivity index (χ0) is 8.55. The van der Waals surface area contributed by atoms with Crippen LogP contribution in [0.5, 0.6) is 0 Å². The van der Waals surface area contributed by atoms with E-state index in [1.54, 1.807) is 6.07 Å². The number of hydrogen-bond donors (Lipinski definition) is 0. The predicted octanol–water partition coefficient (Wildman–Crippen LogP) is 2.23. The molecule has 0 spiro atoms. The van der Waals surface area contributed by atoms with Gasteiger partial charge in [0.1, 0.15) is 0 Å². The van der Waals surface area contributed by atoms with Crippen molar-refractivity contribution >= 4 is 0 Å². The third-order valence-corrected chi connectivity index (χ3v) is 2.37. The smallest absolute Gasteiger partial charge is 0.181 e. The highest BCUT2D eigenvalue weighted by atomic mass is 16.1. The molecular weight excluding hydrogens is 148 g/mol. The van der Waals surface area contributed by atoms with Crippen molar-refractivity contribution in [2.75, 3.05) is 0 Å². The van der Waals surface area contributed by atoms with E-state index in [0.29, 0.717) is 5.92 Å². The largest absolute Gasteiger partial charge is 0.290 e. The molecule has 1 aromatic rings. The van der Waals surface area contributed by atoms with Crippen molar-refractivity contribution in [3.63, 3.8) is 0 Å². The van der Waals surface area contributed by atoms with Crippen LogP contribution in [0.1, 0.15) is 29.9 Å². The lowest BCUT2D eigenvalue weighted by atomic mass is 10.2. The van der Waals surface area contributed by atoms with Crippen LogP contribution in [0.3, 0.4) is 0 Å². The molecule has 62 valence electrons. The van der Waals surface area contributed by atoms with E-state index >= 15 is 0 Å². The molecule has 0 saturated heterocycles. The van der Waals surface area contributed by atoms with Gasteiger partial charge in [-0.3, -0.25) is 4.79 Å². The molecule has 0 N–H and O–H groups in total. The maximum absolute atomic E-state index is 11.4. The summed E-state index contributed by atoms with van der Waals surface area (Å²) in [6, 6.07) is 7.71. The Kier molecular flexibility index (Phi) is 1.72. The highest BCUT2D eigenvalue weighted by molar-refractivity contribution is 5.25. The lowest BCUT2D eigenvalue weighted by molar-refractivity contribution is 1.13. The molecule has 12 heavy (non-hydrogen) atoms. The molecule has 2 rings (SSSR count). The van der Waals surface area contributed by atoms with Crippen molar-refractivity contribution in [2.45, 2.75) is 25.7 Å². The number of hydrogen-bond acceptors (Lipinski definition) is 1. The summed E-state index contributed by atoms with van der Waals surface area (Å²) in [6.07, 6.45) is 2.50. The van der Waals surface area contributed by atoms with Crippen LogP contribution in [0.2, 0.25) is 0 Å². The molecule has 1 nitrogen and oxygen atoms in total. The SMILES string of the molecule is Cc1cccc(C2CC2)cc1=O. The molecule has 0 amide bonds. The lowest BCUT2D eigenvalue weighted by Gasteiger charge is -1.87. The summed E-state index contributed by atoms with van der Waals surface area (Å²) in [6.45, 7) is 1.86. The summed E-state index contributed by atoms with van der Waals surface area (Å²) >= 11 is 0. The molecule has 0 aliphatic heterocycles. The maximum Gasteiger partial charge on any atom is 0.181 e. The second-order valence-corrected chi connectivity index (χ2v) is 3.49. The second-order valence-electron chi connectivity index (χ2n) is 3.49. The quantitative estimate of drug-likeness (QED) is 0.615. The van der Waals surface area contributed by atoms with Crippen LogP contribution in [0.15, 0.2) is 29.1 Å². The Balaban J connectivity index is 2.53. The molecule has 1 aliphatic rings. The van der Waals surface area contributed by atoms with E-state index in [9.17, 15) is 4.79 Å². The van der Waals surface area contributed by atoms with Gasteiger partial charge in [-0.25, -0.2) is 0 Å². The number of rotatable bonds is 1. The Labute approximate surface area is 72.1 Å². The van der Waals surface area contributed by atoms with Crippen LogP contribution in [0.4, 0.5) is 0 Å². The van der Waals surface area contributed by atoms with Gasteiger partial charge in [0.25, 0.3) is 0 Å². The van der Waals surface area contributed by atoms with E-state index in [1.807, 2.05) is 19.1 Å². The first kappa shape index (κ1) is 7.53. The summed E-state index contributed by atoms with van der Waals surface area (Å²) in [7, 11) is 0. The Morgan fingerprint density at radius 2 is 2.08 bits per heavy atom. The van der Waals surface area contributed by atoms with E-state index < -0.39 is 0 Å². The van der Waals surface area contributed by atoms with Crippen molar-refractivity contribution in [2.24, 2.45) is 0 Å². The molecule has 1 saturated carbocycles. The third kappa shape index (κ3) is 1.40. The molecule has 1 heteroatoms. The summed E-state index contributed by atoms with van der Waals surface area (Å²) in [5.41, 5.74) is 2.22. The molecular formula is C11H12O. The fraction of sp³-hybridized carbons (Fsp3) is 0.364. The fourth-order valence-electron chi connectivity index (χ4n) is 1.37. The molecule has 1 fully saturated rings. The average Bonchev–Trinajstić information content (AvgIpc) is 2.82. The average molecular weight is 160 g/mol. The van der Waals surface area contributed by atoms with Gasteiger partial charge in [0.05, 0.1) is 0 Å². The molecule has 0 bridgehead atoms. The van der Waals surface area contributed by atoms with Crippen molar-refractivity contribution in [3.8, 4) is 0 Å². The summed E-state index contributed by atoms with van der Waals surface area (Å²) in [4.78, 5) is 11.4. The van der Waals surface area contributed by atoms with Gasteiger partial charge in [-0.1, -0.05) is 18.2 Å². The van der Waals surface area contributed by atoms with Gasteiger partial charge in [-0.2, -0.15) is 0 Å². The molecule has 0 heterocycles.